The molecule has 0 saturated carbocycles. The molecular weight excluding hydrogens is 370 g/mol. The minimum absolute atomic E-state index is 0.105. The summed E-state index contributed by atoms with van der Waals surface area (Å²) in [5.41, 5.74) is 4.14. The summed E-state index contributed by atoms with van der Waals surface area (Å²) in [5.74, 6) is -2.02. The van der Waals surface area contributed by atoms with Crippen LogP contribution in [-0.4, -0.2) is 21.0 Å². The standard InChI is InChI=1S/C16H11F4N5O2/c1-7-10(6-27-25-7)15(26)24-12-5-22-13(14(21)23-12)9-4-8(17)2-3-11(9)16(18,19)20/h2-6H,1H3,(H3,21,23,24,26). The molecule has 11 heteroatoms. The Hall–Kier alpha value is -3.50. The number of rotatable bonds is 3. The summed E-state index contributed by atoms with van der Waals surface area (Å²) in [7, 11) is 0. The maximum absolute atomic E-state index is 13.5. The number of hydrogen-bond donors (Lipinski definition) is 2. The fourth-order valence-corrected chi connectivity index (χ4v) is 2.32. The first-order valence-electron chi connectivity index (χ1n) is 7.39. The fourth-order valence-electron chi connectivity index (χ4n) is 2.32. The summed E-state index contributed by atoms with van der Waals surface area (Å²) in [4.78, 5) is 19.7. The number of halogens is 4. The largest absolute Gasteiger partial charge is 0.417 e. The number of nitrogens with two attached hydrogens (primary N) is 1. The smallest absolute Gasteiger partial charge is 0.382 e. The van der Waals surface area contributed by atoms with E-state index in [2.05, 4.69) is 25.0 Å². The van der Waals surface area contributed by atoms with Gasteiger partial charge in [-0.2, -0.15) is 13.2 Å². The van der Waals surface area contributed by atoms with Crippen LogP contribution < -0.4 is 11.1 Å². The van der Waals surface area contributed by atoms with Crippen LogP contribution in [0.5, 0.6) is 0 Å². The number of nitrogen functional groups attached to an aromatic ring is 1. The third-order valence-corrected chi connectivity index (χ3v) is 3.58. The summed E-state index contributed by atoms with van der Waals surface area (Å²) < 4.78 is 57.6. The maximum atomic E-state index is 13.5. The number of nitrogens with zero attached hydrogens (tertiary/aromatic N) is 3. The summed E-state index contributed by atoms with van der Waals surface area (Å²) in [6.07, 6.45) is -2.61. The van der Waals surface area contributed by atoms with Crippen LogP contribution >= 0.6 is 0 Å². The van der Waals surface area contributed by atoms with Crippen molar-refractivity contribution in [2.45, 2.75) is 13.1 Å². The lowest BCUT2D eigenvalue weighted by Crippen LogP contribution is -2.15. The van der Waals surface area contributed by atoms with E-state index in [-0.39, 0.29) is 17.1 Å². The van der Waals surface area contributed by atoms with E-state index < -0.39 is 34.8 Å². The molecule has 0 saturated heterocycles. The number of amides is 1. The summed E-state index contributed by atoms with van der Waals surface area (Å²) in [5, 5.41) is 5.93. The van der Waals surface area contributed by atoms with Crippen LogP contribution in [-0.2, 0) is 6.18 Å². The SMILES string of the molecule is Cc1nocc1C(=O)Nc1cnc(-c2cc(F)ccc2C(F)(F)F)c(N)n1. The van der Waals surface area contributed by atoms with Crippen LogP contribution in [0.25, 0.3) is 11.3 Å². The maximum Gasteiger partial charge on any atom is 0.417 e. The van der Waals surface area contributed by atoms with Crippen molar-refractivity contribution < 1.29 is 26.9 Å². The van der Waals surface area contributed by atoms with Gasteiger partial charge in [-0.1, -0.05) is 5.16 Å². The molecule has 0 aliphatic heterocycles. The molecule has 27 heavy (non-hydrogen) atoms. The van der Waals surface area contributed by atoms with Gasteiger partial charge in [0.15, 0.2) is 11.6 Å². The Morgan fingerprint density at radius 2 is 2.04 bits per heavy atom. The number of carbonyl (C=O) groups is 1. The molecule has 0 aliphatic rings. The van der Waals surface area contributed by atoms with E-state index in [1.165, 1.54) is 0 Å². The minimum atomic E-state index is -4.74. The van der Waals surface area contributed by atoms with Crippen LogP contribution in [0.1, 0.15) is 21.6 Å². The van der Waals surface area contributed by atoms with Crippen LogP contribution in [0.3, 0.4) is 0 Å². The quantitative estimate of drug-likeness (QED) is 0.673. The van der Waals surface area contributed by atoms with Gasteiger partial charge in [0.2, 0.25) is 0 Å². The Kier molecular flexibility index (Phi) is 4.52. The monoisotopic (exact) mass is 381 g/mol. The predicted octanol–water partition coefficient (Wildman–Crippen LogP) is 3.43. The molecule has 2 aromatic heterocycles. The number of anilines is 2. The highest BCUT2D eigenvalue weighted by molar-refractivity contribution is 6.04. The van der Waals surface area contributed by atoms with E-state index in [1.54, 1.807) is 6.92 Å². The van der Waals surface area contributed by atoms with Gasteiger partial charge in [-0.3, -0.25) is 4.79 Å². The van der Waals surface area contributed by atoms with Crippen LogP contribution in [0.4, 0.5) is 29.2 Å². The van der Waals surface area contributed by atoms with Gasteiger partial charge >= 0.3 is 6.18 Å². The van der Waals surface area contributed by atoms with Gasteiger partial charge in [-0.05, 0) is 25.1 Å². The normalized spacial score (nSPS) is 11.4. The molecular formula is C16H11F4N5O2. The fraction of sp³-hybridized carbons (Fsp3) is 0.125. The lowest BCUT2D eigenvalue weighted by atomic mass is 10.0. The Labute approximate surface area is 149 Å². The first-order valence-corrected chi connectivity index (χ1v) is 7.39. The second-order valence-electron chi connectivity index (χ2n) is 5.44. The van der Waals surface area contributed by atoms with Crippen molar-refractivity contribution in [3.8, 4) is 11.3 Å². The second-order valence-corrected chi connectivity index (χ2v) is 5.44. The van der Waals surface area contributed by atoms with E-state index >= 15 is 0 Å². The van der Waals surface area contributed by atoms with E-state index in [1.807, 2.05) is 0 Å². The molecule has 7 nitrogen and oxygen atoms in total. The summed E-state index contributed by atoms with van der Waals surface area (Å²) >= 11 is 0. The zero-order valence-electron chi connectivity index (χ0n) is 13.6. The highest BCUT2D eigenvalue weighted by atomic mass is 19.4. The topological polar surface area (TPSA) is 107 Å². The number of carbonyl (C=O) groups excluding carboxylic acids is 1. The number of aromatic nitrogens is 3. The number of aryl methyl sites for hydroxylation is 1. The van der Waals surface area contributed by atoms with Crippen LogP contribution in [0, 0.1) is 12.7 Å². The molecule has 3 N–H and O–H groups in total. The number of nitrogens with one attached hydrogen (secondary N) is 1. The molecule has 1 amide bonds. The molecule has 0 atom stereocenters. The van der Waals surface area contributed by atoms with Gasteiger partial charge in [0.1, 0.15) is 23.3 Å². The minimum Gasteiger partial charge on any atom is -0.382 e. The molecule has 140 valence electrons. The lowest BCUT2D eigenvalue weighted by Gasteiger charge is -2.14. The Morgan fingerprint density at radius 3 is 2.63 bits per heavy atom. The predicted molar refractivity (Wildman–Crippen MR) is 86.0 cm³/mol. The zero-order chi connectivity index (χ0) is 19.8. The van der Waals surface area contributed by atoms with Gasteiger partial charge in [0.25, 0.3) is 5.91 Å². The van der Waals surface area contributed by atoms with Gasteiger partial charge < -0.3 is 15.6 Å². The van der Waals surface area contributed by atoms with E-state index in [0.717, 1.165) is 12.5 Å². The second kappa shape index (κ2) is 6.67. The molecule has 2 heterocycles. The van der Waals surface area contributed by atoms with Crippen molar-refractivity contribution in [1.82, 2.24) is 15.1 Å². The van der Waals surface area contributed by atoms with Crippen molar-refractivity contribution >= 4 is 17.5 Å². The molecule has 0 unspecified atom stereocenters. The van der Waals surface area contributed by atoms with Crippen molar-refractivity contribution in [2.24, 2.45) is 0 Å². The van der Waals surface area contributed by atoms with E-state index in [9.17, 15) is 22.4 Å². The van der Waals surface area contributed by atoms with Gasteiger partial charge in [-0.25, -0.2) is 14.4 Å². The molecule has 1 aromatic carbocycles. The highest BCUT2D eigenvalue weighted by Crippen LogP contribution is 2.38. The Balaban J connectivity index is 1.96. The summed E-state index contributed by atoms with van der Waals surface area (Å²) in [6.45, 7) is 1.55. The van der Waals surface area contributed by atoms with Gasteiger partial charge in [0.05, 0.1) is 17.5 Å². The van der Waals surface area contributed by atoms with Crippen molar-refractivity contribution in [3.05, 3.63) is 53.3 Å². The van der Waals surface area contributed by atoms with E-state index in [0.29, 0.717) is 23.9 Å². The molecule has 0 bridgehead atoms. The molecule has 0 fully saturated rings. The third kappa shape index (κ3) is 3.71. The van der Waals surface area contributed by atoms with Crippen LogP contribution in [0.15, 0.2) is 35.2 Å². The molecule has 3 rings (SSSR count). The van der Waals surface area contributed by atoms with Gasteiger partial charge in [0, 0.05) is 5.56 Å². The average Bonchev–Trinajstić information content (AvgIpc) is 3.00. The average molecular weight is 381 g/mol. The third-order valence-electron chi connectivity index (χ3n) is 3.58. The Morgan fingerprint density at radius 1 is 1.30 bits per heavy atom. The number of alkyl halides is 3. The Bertz CT molecular complexity index is 1020. The number of hydrogen-bond acceptors (Lipinski definition) is 6. The zero-order valence-corrected chi connectivity index (χ0v) is 13.6. The molecule has 0 aliphatic carbocycles. The molecule has 0 spiro atoms. The van der Waals surface area contributed by atoms with E-state index in [4.69, 9.17) is 5.73 Å². The lowest BCUT2D eigenvalue weighted by molar-refractivity contribution is -0.137. The van der Waals surface area contributed by atoms with Crippen molar-refractivity contribution in [1.29, 1.82) is 0 Å². The number of benzene rings is 1. The molecule has 0 radical (unpaired) electrons. The van der Waals surface area contributed by atoms with Crippen LogP contribution in [0.2, 0.25) is 0 Å². The first kappa shape index (κ1) is 18.3. The highest BCUT2D eigenvalue weighted by Gasteiger charge is 2.34. The van der Waals surface area contributed by atoms with Gasteiger partial charge in [-0.15, -0.1) is 0 Å². The first-order chi connectivity index (χ1) is 12.7. The van der Waals surface area contributed by atoms with Crippen molar-refractivity contribution in [2.75, 3.05) is 11.1 Å². The summed E-state index contributed by atoms with van der Waals surface area (Å²) in [6, 6.07) is 1.95. The van der Waals surface area contributed by atoms with Crippen molar-refractivity contribution in [3.63, 3.8) is 0 Å². The molecule has 3 aromatic rings.